The first kappa shape index (κ1) is 27.2. The topological polar surface area (TPSA) is 88.7 Å². The van der Waals surface area contributed by atoms with Crippen LogP contribution in [0.5, 0.6) is 5.75 Å². The number of guanidine groups is 1. The molecule has 6 nitrogen and oxygen atoms in total. The Morgan fingerprint density at radius 3 is 2.18 bits per heavy atom. The lowest BCUT2D eigenvalue weighted by molar-refractivity contribution is -0.119. The molecule has 0 saturated heterocycles. The zero-order valence-corrected chi connectivity index (χ0v) is 21.8. The van der Waals surface area contributed by atoms with E-state index < -0.39 is 5.91 Å². The first-order valence-electron chi connectivity index (χ1n) is 11.2. The van der Waals surface area contributed by atoms with Crippen LogP contribution in [0, 0.1) is 0 Å². The number of aliphatic imine (C=N–C) groups is 1. The zero-order valence-electron chi connectivity index (χ0n) is 19.4. The number of hydrogen-bond donors (Lipinski definition) is 3. The Bertz CT molecular complexity index is 1010. The van der Waals surface area contributed by atoms with Crippen molar-refractivity contribution in [3.63, 3.8) is 0 Å². The summed E-state index contributed by atoms with van der Waals surface area (Å²) in [6.07, 6.45) is 1.79. The summed E-state index contributed by atoms with van der Waals surface area (Å²) < 4.78 is 5.30. The molecule has 3 rings (SSSR count). The van der Waals surface area contributed by atoms with Gasteiger partial charge < -0.3 is 21.1 Å². The summed E-state index contributed by atoms with van der Waals surface area (Å²) in [4.78, 5) is 15.2. The van der Waals surface area contributed by atoms with Gasteiger partial charge in [-0.1, -0.05) is 72.8 Å². The fourth-order valence-corrected chi connectivity index (χ4v) is 3.60. The van der Waals surface area contributed by atoms with Gasteiger partial charge in [0.15, 0.2) is 12.6 Å². The Morgan fingerprint density at radius 2 is 1.56 bits per heavy atom. The number of amides is 1. The number of rotatable bonds is 11. The van der Waals surface area contributed by atoms with E-state index in [4.69, 9.17) is 10.5 Å². The van der Waals surface area contributed by atoms with E-state index in [2.05, 4.69) is 64.2 Å². The van der Waals surface area contributed by atoms with E-state index in [1.807, 2.05) is 36.4 Å². The number of halogens is 1. The number of carbonyl (C=O) groups is 1. The van der Waals surface area contributed by atoms with Crippen molar-refractivity contribution in [1.29, 1.82) is 0 Å². The molecular weight excluding hydrogens is 539 g/mol. The summed E-state index contributed by atoms with van der Waals surface area (Å²) in [5, 5.41) is 6.88. The Hall–Kier alpha value is -3.07. The molecule has 0 heterocycles. The maximum absolute atomic E-state index is 10.8. The molecule has 4 N–H and O–H groups in total. The number of nitrogens with two attached hydrogens (primary N) is 1. The van der Waals surface area contributed by atoms with Crippen LogP contribution in [-0.2, 0) is 17.6 Å². The lowest BCUT2D eigenvalue weighted by Crippen LogP contribution is -2.40. The van der Waals surface area contributed by atoms with E-state index in [0.29, 0.717) is 11.7 Å². The lowest BCUT2D eigenvalue weighted by atomic mass is 9.92. The highest BCUT2D eigenvalue weighted by Crippen LogP contribution is 2.20. The number of primary amides is 1. The van der Waals surface area contributed by atoms with Crippen molar-refractivity contribution >= 4 is 35.8 Å². The second-order valence-corrected chi connectivity index (χ2v) is 7.83. The van der Waals surface area contributed by atoms with Crippen LogP contribution in [-0.4, -0.2) is 38.6 Å². The number of nitrogens with zero attached hydrogens (tertiary/aromatic N) is 1. The minimum atomic E-state index is -0.486. The highest BCUT2D eigenvalue weighted by Gasteiger charge is 2.13. The first-order chi connectivity index (χ1) is 16.1. The Balaban J connectivity index is 0.00000408. The molecule has 1 amide bonds. The summed E-state index contributed by atoms with van der Waals surface area (Å²) in [6, 6.07) is 28.8. The highest BCUT2D eigenvalue weighted by atomic mass is 127. The molecule has 3 aromatic carbocycles. The SMILES string of the molecule is CN=C(NCCc1ccc(OCC(N)=O)cc1)NCC(Cc1ccccc1)c1ccccc1.I. The molecule has 0 aromatic heterocycles. The van der Waals surface area contributed by atoms with Gasteiger partial charge in [0.2, 0.25) is 0 Å². The molecule has 180 valence electrons. The van der Waals surface area contributed by atoms with Crippen molar-refractivity contribution in [2.75, 3.05) is 26.7 Å². The summed E-state index contributed by atoms with van der Waals surface area (Å²) >= 11 is 0. The van der Waals surface area contributed by atoms with Gasteiger partial charge in [-0.25, -0.2) is 0 Å². The van der Waals surface area contributed by atoms with Gasteiger partial charge in [0.05, 0.1) is 0 Å². The smallest absolute Gasteiger partial charge is 0.255 e. The molecule has 1 unspecified atom stereocenters. The molecule has 0 aliphatic carbocycles. The molecule has 0 spiro atoms. The number of carbonyl (C=O) groups excluding carboxylic acids is 1. The van der Waals surface area contributed by atoms with Crippen LogP contribution in [0.4, 0.5) is 0 Å². The molecular formula is C27H33IN4O2. The predicted molar refractivity (Wildman–Crippen MR) is 149 cm³/mol. The maximum Gasteiger partial charge on any atom is 0.255 e. The second kappa shape index (κ2) is 15.0. The van der Waals surface area contributed by atoms with Crippen molar-refractivity contribution in [2.24, 2.45) is 10.7 Å². The molecule has 7 heteroatoms. The summed E-state index contributed by atoms with van der Waals surface area (Å²) in [6.45, 7) is 1.41. The normalized spacial score (nSPS) is 11.7. The average molecular weight is 572 g/mol. The lowest BCUT2D eigenvalue weighted by Gasteiger charge is -2.20. The highest BCUT2D eigenvalue weighted by molar-refractivity contribution is 14.0. The maximum atomic E-state index is 10.8. The van der Waals surface area contributed by atoms with Crippen LogP contribution >= 0.6 is 24.0 Å². The zero-order chi connectivity index (χ0) is 23.3. The van der Waals surface area contributed by atoms with E-state index >= 15 is 0 Å². The molecule has 0 aliphatic rings. The van der Waals surface area contributed by atoms with Gasteiger partial charge in [-0.15, -0.1) is 24.0 Å². The number of nitrogens with one attached hydrogen (secondary N) is 2. The van der Waals surface area contributed by atoms with Gasteiger partial charge in [0, 0.05) is 26.1 Å². The summed E-state index contributed by atoms with van der Waals surface area (Å²) in [7, 11) is 1.79. The van der Waals surface area contributed by atoms with Gasteiger partial charge in [0.25, 0.3) is 5.91 Å². The Kier molecular flexibility index (Phi) is 12.0. The molecule has 0 radical (unpaired) electrons. The second-order valence-electron chi connectivity index (χ2n) is 7.83. The molecule has 1 atom stereocenters. The van der Waals surface area contributed by atoms with E-state index in [1.54, 1.807) is 7.05 Å². The molecule has 0 aliphatic heterocycles. The van der Waals surface area contributed by atoms with Crippen LogP contribution in [0.15, 0.2) is 89.9 Å². The monoisotopic (exact) mass is 572 g/mol. The van der Waals surface area contributed by atoms with Crippen LogP contribution in [0.2, 0.25) is 0 Å². The third-order valence-corrected chi connectivity index (χ3v) is 5.35. The third kappa shape index (κ3) is 9.43. The van der Waals surface area contributed by atoms with Gasteiger partial charge in [-0.3, -0.25) is 9.79 Å². The minimum Gasteiger partial charge on any atom is -0.484 e. The number of hydrogen-bond acceptors (Lipinski definition) is 3. The Morgan fingerprint density at radius 1 is 0.912 bits per heavy atom. The van der Waals surface area contributed by atoms with Crippen LogP contribution in [0.3, 0.4) is 0 Å². The van der Waals surface area contributed by atoms with Crippen LogP contribution in [0.25, 0.3) is 0 Å². The first-order valence-corrected chi connectivity index (χ1v) is 11.2. The van der Waals surface area contributed by atoms with Gasteiger partial charge in [0.1, 0.15) is 5.75 Å². The van der Waals surface area contributed by atoms with E-state index in [-0.39, 0.29) is 30.6 Å². The van der Waals surface area contributed by atoms with Crippen molar-refractivity contribution in [3.05, 3.63) is 102 Å². The standard InChI is InChI=1S/C27H32N4O2.HI/c1-29-27(30-17-16-21-12-14-25(15-13-21)33-20-26(28)32)31-19-24(23-10-6-3-7-11-23)18-22-8-4-2-5-9-22;/h2-15,24H,16-20H2,1H3,(H2,28,32)(H2,29,30,31);1H. The van der Waals surface area contributed by atoms with Crippen molar-refractivity contribution in [3.8, 4) is 5.75 Å². The van der Waals surface area contributed by atoms with Gasteiger partial charge in [-0.05, 0) is 41.7 Å². The fourth-order valence-electron chi connectivity index (χ4n) is 3.60. The number of ether oxygens (including phenoxy) is 1. The van der Waals surface area contributed by atoms with Crippen molar-refractivity contribution < 1.29 is 9.53 Å². The minimum absolute atomic E-state index is 0. The van der Waals surface area contributed by atoms with Gasteiger partial charge in [-0.2, -0.15) is 0 Å². The summed E-state index contributed by atoms with van der Waals surface area (Å²) in [5.74, 6) is 1.26. The summed E-state index contributed by atoms with van der Waals surface area (Å²) in [5.41, 5.74) is 8.89. The van der Waals surface area contributed by atoms with E-state index in [1.165, 1.54) is 11.1 Å². The molecule has 34 heavy (non-hydrogen) atoms. The molecule has 0 saturated carbocycles. The fraction of sp³-hybridized carbons (Fsp3) is 0.259. The molecule has 3 aromatic rings. The molecule has 0 bridgehead atoms. The van der Waals surface area contributed by atoms with Crippen molar-refractivity contribution in [1.82, 2.24) is 10.6 Å². The van der Waals surface area contributed by atoms with Crippen molar-refractivity contribution in [2.45, 2.75) is 18.8 Å². The quantitative estimate of drug-likeness (QED) is 0.185. The van der Waals surface area contributed by atoms with E-state index in [9.17, 15) is 4.79 Å². The largest absolute Gasteiger partial charge is 0.484 e. The third-order valence-electron chi connectivity index (χ3n) is 5.35. The van der Waals surface area contributed by atoms with Gasteiger partial charge >= 0.3 is 0 Å². The predicted octanol–water partition coefficient (Wildman–Crippen LogP) is 3.90. The van der Waals surface area contributed by atoms with Crippen LogP contribution in [0.1, 0.15) is 22.6 Å². The average Bonchev–Trinajstić information content (AvgIpc) is 2.86. The Labute approximate surface area is 219 Å². The van der Waals surface area contributed by atoms with Crippen LogP contribution < -0.4 is 21.1 Å². The van der Waals surface area contributed by atoms with E-state index in [0.717, 1.165) is 37.5 Å². The molecule has 0 fully saturated rings. The number of benzene rings is 3.